The van der Waals surface area contributed by atoms with Crippen molar-refractivity contribution < 1.29 is 33.6 Å². The smallest absolute Gasteiger partial charge is 0.178 e. The maximum Gasteiger partial charge on any atom is 0.178 e. The molecule has 0 radical (unpaired) electrons. The number of carbonyl (C=O) groups is 1. The van der Waals surface area contributed by atoms with Gasteiger partial charge in [0.25, 0.3) is 0 Å². The first kappa shape index (κ1) is 18.8. The summed E-state index contributed by atoms with van der Waals surface area (Å²) in [6, 6.07) is 7.00. The summed E-state index contributed by atoms with van der Waals surface area (Å²) in [4.78, 5) is 13.5. The largest absolute Gasteiger partial charge is 0.493 e. The summed E-state index contributed by atoms with van der Waals surface area (Å²) in [7, 11) is 3.11. The minimum atomic E-state index is -0.801. The zero-order valence-electron chi connectivity index (χ0n) is 16.9. The Labute approximate surface area is 173 Å². The Morgan fingerprint density at radius 1 is 1.17 bits per heavy atom. The number of hydrogen-bond donors (Lipinski definition) is 1. The van der Waals surface area contributed by atoms with Crippen LogP contribution in [0.5, 0.6) is 28.7 Å². The number of ketones is 1. The minimum absolute atomic E-state index is 0.0373. The average molecular weight is 410 g/mol. The molecule has 0 saturated carbocycles. The summed E-state index contributed by atoms with van der Waals surface area (Å²) < 4.78 is 28.9. The second-order valence-corrected chi connectivity index (χ2v) is 7.81. The van der Waals surface area contributed by atoms with Gasteiger partial charge in [0.2, 0.25) is 0 Å². The van der Waals surface area contributed by atoms with Crippen molar-refractivity contribution in [2.75, 3.05) is 27.4 Å². The molecule has 3 atom stereocenters. The van der Waals surface area contributed by atoms with Gasteiger partial charge in [-0.2, -0.15) is 0 Å². The van der Waals surface area contributed by atoms with Crippen molar-refractivity contribution in [3.05, 3.63) is 47.0 Å². The van der Waals surface area contributed by atoms with E-state index in [0.717, 1.165) is 5.56 Å². The van der Waals surface area contributed by atoms with Gasteiger partial charge in [-0.3, -0.25) is 4.79 Å². The van der Waals surface area contributed by atoms with E-state index in [-0.39, 0.29) is 19.0 Å². The molecule has 3 aliphatic heterocycles. The second-order valence-electron chi connectivity index (χ2n) is 7.81. The average Bonchev–Trinajstić information content (AvgIpc) is 2.77. The fourth-order valence-electron chi connectivity index (χ4n) is 4.22. The molecule has 0 fully saturated rings. The Morgan fingerprint density at radius 3 is 2.67 bits per heavy atom. The summed E-state index contributed by atoms with van der Waals surface area (Å²) in [5, 5.41) is 9.59. The van der Waals surface area contributed by atoms with E-state index in [1.165, 1.54) is 0 Å². The fraction of sp³-hybridized carbons (Fsp3) is 0.348. The van der Waals surface area contributed by atoms with Gasteiger partial charge in [-0.1, -0.05) is 0 Å². The van der Waals surface area contributed by atoms with Gasteiger partial charge >= 0.3 is 0 Å². The predicted molar refractivity (Wildman–Crippen MR) is 108 cm³/mol. The van der Waals surface area contributed by atoms with Crippen LogP contribution in [0.25, 0.3) is 6.08 Å². The number of methoxy groups -OCH3 is 2. The third-order valence-electron chi connectivity index (χ3n) is 5.86. The van der Waals surface area contributed by atoms with Gasteiger partial charge in [-0.05, 0) is 37.3 Å². The summed E-state index contributed by atoms with van der Waals surface area (Å²) in [6.07, 6.45) is 3.15. The molecule has 3 heterocycles. The molecule has 5 rings (SSSR count). The van der Waals surface area contributed by atoms with Gasteiger partial charge in [0.15, 0.2) is 17.3 Å². The molecule has 0 saturated heterocycles. The SMILES string of the molecule is COc1cc2c(cc1OC)C1C(=O)c3ccc4c(c3OC1CO2)C=CC(C)(CO)O4. The zero-order valence-corrected chi connectivity index (χ0v) is 16.9. The first-order valence-electron chi connectivity index (χ1n) is 9.73. The Kier molecular flexibility index (Phi) is 4.18. The number of aliphatic hydroxyl groups is 1. The molecule has 3 aliphatic rings. The van der Waals surface area contributed by atoms with Crippen LogP contribution in [-0.2, 0) is 0 Å². The monoisotopic (exact) mass is 410 g/mol. The van der Waals surface area contributed by atoms with Crippen molar-refractivity contribution in [1.29, 1.82) is 0 Å². The molecule has 1 N–H and O–H groups in total. The predicted octanol–water partition coefficient (Wildman–Crippen LogP) is 2.98. The van der Waals surface area contributed by atoms with Crippen molar-refractivity contribution >= 4 is 11.9 Å². The van der Waals surface area contributed by atoms with Gasteiger partial charge in [0.05, 0.1) is 37.9 Å². The van der Waals surface area contributed by atoms with E-state index in [1.807, 2.05) is 6.08 Å². The van der Waals surface area contributed by atoms with Gasteiger partial charge in [-0.25, -0.2) is 0 Å². The molecule has 0 aliphatic carbocycles. The van der Waals surface area contributed by atoms with Gasteiger partial charge < -0.3 is 28.8 Å². The molecular weight excluding hydrogens is 388 g/mol. The van der Waals surface area contributed by atoms with E-state index < -0.39 is 17.6 Å². The van der Waals surface area contributed by atoms with E-state index in [0.29, 0.717) is 39.9 Å². The molecule has 0 spiro atoms. The molecule has 0 amide bonds. The molecule has 30 heavy (non-hydrogen) atoms. The highest BCUT2D eigenvalue weighted by Crippen LogP contribution is 2.49. The maximum atomic E-state index is 13.5. The highest BCUT2D eigenvalue weighted by Gasteiger charge is 2.45. The number of aliphatic hydroxyl groups excluding tert-OH is 1. The van der Waals surface area contributed by atoms with E-state index in [4.69, 9.17) is 23.7 Å². The number of hydrogen-bond acceptors (Lipinski definition) is 7. The normalized spacial score (nSPS) is 25.5. The molecule has 7 nitrogen and oxygen atoms in total. The molecule has 3 unspecified atom stereocenters. The van der Waals surface area contributed by atoms with Crippen molar-refractivity contribution in [1.82, 2.24) is 0 Å². The lowest BCUT2D eigenvalue weighted by Crippen LogP contribution is -2.43. The topological polar surface area (TPSA) is 83.5 Å². The molecule has 156 valence electrons. The number of rotatable bonds is 3. The quantitative estimate of drug-likeness (QED) is 0.833. The van der Waals surface area contributed by atoms with Crippen LogP contribution in [-0.4, -0.2) is 50.0 Å². The van der Waals surface area contributed by atoms with E-state index in [1.54, 1.807) is 51.5 Å². The Morgan fingerprint density at radius 2 is 1.93 bits per heavy atom. The standard InChI is InChI=1S/C23H22O7/c1-23(11-24)7-6-12-15(30-23)5-4-13-21(25)20-14-8-17(26-2)18(27-3)9-16(14)28-10-19(20)29-22(12)13/h4-9,19-20,24H,10-11H2,1-3H3. The number of fused-ring (bicyclic) bond motifs is 6. The van der Waals surface area contributed by atoms with E-state index in [9.17, 15) is 9.90 Å². The van der Waals surface area contributed by atoms with E-state index >= 15 is 0 Å². The van der Waals surface area contributed by atoms with Crippen LogP contribution in [0, 0.1) is 0 Å². The molecule has 7 heteroatoms. The lowest BCUT2D eigenvalue weighted by molar-refractivity contribution is 0.0524. The van der Waals surface area contributed by atoms with Crippen LogP contribution in [0.3, 0.4) is 0 Å². The van der Waals surface area contributed by atoms with Crippen LogP contribution in [0.2, 0.25) is 0 Å². The van der Waals surface area contributed by atoms with Crippen LogP contribution < -0.4 is 23.7 Å². The summed E-state index contributed by atoms with van der Waals surface area (Å²) in [5.74, 6) is 2.19. The second kappa shape index (κ2) is 6.67. The van der Waals surface area contributed by atoms with Crippen molar-refractivity contribution in [3.63, 3.8) is 0 Å². The lowest BCUT2D eigenvalue weighted by atomic mass is 9.81. The Hall–Kier alpha value is -3.19. The first-order chi connectivity index (χ1) is 14.5. The number of carbonyl (C=O) groups excluding carboxylic acids is 1. The van der Waals surface area contributed by atoms with Crippen molar-refractivity contribution in [2.24, 2.45) is 0 Å². The van der Waals surface area contributed by atoms with Crippen LogP contribution in [0.1, 0.15) is 34.3 Å². The summed E-state index contributed by atoms with van der Waals surface area (Å²) in [5.41, 5.74) is 1.11. The van der Waals surface area contributed by atoms with Gasteiger partial charge in [-0.15, -0.1) is 0 Å². The van der Waals surface area contributed by atoms with Gasteiger partial charge in [0, 0.05) is 11.6 Å². The maximum absolute atomic E-state index is 13.5. The van der Waals surface area contributed by atoms with Crippen LogP contribution in [0.15, 0.2) is 30.3 Å². The summed E-state index contributed by atoms with van der Waals surface area (Å²) >= 11 is 0. The number of ether oxygens (including phenoxy) is 5. The Bertz CT molecular complexity index is 1070. The van der Waals surface area contributed by atoms with Crippen LogP contribution in [0.4, 0.5) is 0 Å². The third-order valence-corrected chi connectivity index (χ3v) is 5.86. The van der Waals surface area contributed by atoms with Gasteiger partial charge in [0.1, 0.15) is 35.6 Å². The van der Waals surface area contributed by atoms with E-state index in [2.05, 4.69) is 0 Å². The zero-order chi connectivity index (χ0) is 21.0. The molecule has 0 aromatic heterocycles. The minimum Gasteiger partial charge on any atom is -0.493 e. The lowest BCUT2D eigenvalue weighted by Gasteiger charge is -2.39. The highest BCUT2D eigenvalue weighted by atomic mass is 16.5. The number of Topliss-reactive ketones (excluding diaryl/α,β-unsaturated/α-hetero) is 1. The van der Waals surface area contributed by atoms with Crippen molar-refractivity contribution in [2.45, 2.75) is 24.5 Å². The van der Waals surface area contributed by atoms with Crippen LogP contribution >= 0.6 is 0 Å². The molecular formula is C23H22O7. The summed E-state index contributed by atoms with van der Waals surface area (Å²) in [6.45, 7) is 1.88. The number of benzene rings is 2. The Balaban J connectivity index is 1.59. The van der Waals surface area contributed by atoms with Crippen molar-refractivity contribution in [3.8, 4) is 28.7 Å². The molecule has 2 aromatic rings. The highest BCUT2D eigenvalue weighted by molar-refractivity contribution is 6.06. The third kappa shape index (κ3) is 2.65. The molecule has 0 bridgehead atoms. The first-order valence-corrected chi connectivity index (χ1v) is 9.73. The molecule has 2 aromatic carbocycles. The fourth-order valence-corrected chi connectivity index (χ4v) is 4.22.